The molecule has 3 N–H and O–H groups in total. The van der Waals surface area contributed by atoms with Crippen molar-refractivity contribution in [1.82, 2.24) is 9.97 Å². The van der Waals surface area contributed by atoms with Gasteiger partial charge in [-0.1, -0.05) is 12.1 Å². The van der Waals surface area contributed by atoms with Gasteiger partial charge in [-0.3, -0.25) is 9.00 Å². The maximum atomic E-state index is 11.6. The first kappa shape index (κ1) is 18.9. The van der Waals surface area contributed by atoms with E-state index in [-0.39, 0.29) is 0 Å². The highest BCUT2D eigenvalue weighted by Gasteiger charge is 2.19. The number of nitrogens with zero attached hydrogens (tertiary/aromatic N) is 1. The fraction of sp³-hybridized carbons (Fsp3) is 0.263. The zero-order chi connectivity index (χ0) is 19.4. The molecule has 3 rings (SSSR count). The van der Waals surface area contributed by atoms with Gasteiger partial charge in [-0.15, -0.1) is 0 Å². The summed E-state index contributed by atoms with van der Waals surface area (Å²) in [6, 6.07) is 12.9. The Kier molecular flexibility index (Phi) is 5.75. The number of rotatable bonds is 8. The average Bonchev–Trinajstić information content (AvgIpc) is 3.06. The average molecular weight is 387 g/mol. The fourth-order valence-electron chi connectivity index (χ4n) is 2.71. The van der Waals surface area contributed by atoms with Crippen LogP contribution in [-0.2, 0) is 28.6 Å². The Morgan fingerprint density at radius 2 is 1.93 bits per heavy atom. The number of hydrogen-bond donors (Lipinski definition) is 2. The van der Waals surface area contributed by atoms with Crippen LogP contribution in [0.2, 0.25) is 0 Å². The number of carbonyl (C=O) groups is 1. The number of primary amides is 1. The van der Waals surface area contributed by atoms with Gasteiger partial charge in [-0.05, 0) is 36.2 Å². The molecule has 3 aromatic rings. The largest absolute Gasteiger partial charge is 0.497 e. The lowest BCUT2D eigenvalue weighted by Gasteiger charge is -2.11. The third-order valence-electron chi connectivity index (χ3n) is 4.18. The van der Waals surface area contributed by atoms with Gasteiger partial charge < -0.3 is 20.2 Å². The normalized spacial score (nSPS) is 13.3. The standard InChI is InChI=1S/C19H21N3O4S/c1-25-14-7-8-15-16(10-14)22-18(21-15)11-26-13-5-3-12(4-6-13)9-17(19(20)23)27(2)24/h3-8,10,17H,9,11H2,1-2H3,(H2,20,23)(H,21,22). The van der Waals surface area contributed by atoms with Gasteiger partial charge in [-0.2, -0.15) is 0 Å². The van der Waals surface area contributed by atoms with Gasteiger partial charge in [0.2, 0.25) is 5.91 Å². The molecule has 7 nitrogen and oxygen atoms in total. The van der Waals surface area contributed by atoms with Crippen molar-refractivity contribution in [2.75, 3.05) is 13.4 Å². The Balaban J connectivity index is 1.63. The van der Waals surface area contributed by atoms with Gasteiger partial charge in [0, 0.05) is 23.1 Å². The van der Waals surface area contributed by atoms with Crippen LogP contribution in [0.5, 0.6) is 11.5 Å². The monoisotopic (exact) mass is 387 g/mol. The maximum absolute atomic E-state index is 11.6. The minimum absolute atomic E-state index is 0.291. The third kappa shape index (κ3) is 4.65. The van der Waals surface area contributed by atoms with E-state index in [0.29, 0.717) is 24.6 Å². The maximum Gasteiger partial charge on any atom is 0.233 e. The van der Waals surface area contributed by atoms with Crippen LogP contribution in [0.1, 0.15) is 11.4 Å². The van der Waals surface area contributed by atoms with E-state index in [2.05, 4.69) is 9.97 Å². The van der Waals surface area contributed by atoms with E-state index in [9.17, 15) is 9.00 Å². The van der Waals surface area contributed by atoms with E-state index in [1.54, 1.807) is 19.2 Å². The van der Waals surface area contributed by atoms with E-state index in [0.717, 1.165) is 22.3 Å². The molecule has 0 radical (unpaired) electrons. The number of benzene rings is 2. The summed E-state index contributed by atoms with van der Waals surface area (Å²) in [5.41, 5.74) is 7.90. The summed E-state index contributed by atoms with van der Waals surface area (Å²) in [5.74, 6) is 1.58. The molecule has 0 aliphatic heterocycles. The first-order valence-corrected chi connectivity index (χ1v) is 9.94. The molecule has 1 heterocycles. The van der Waals surface area contributed by atoms with Crippen LogP contribution in [0.4, 0.5) is 0 Å². The zero-order valence-corrected chi connectivity index (χ0v) is 15.9. The van der Waals surface area contributed by atoms with Gasteiger partial charge in [0.1, 0.15) is 29.2 Å². The molecule has 0 aliphatic carbocycles. The minimum Gasteiger partial charge on any atom is -0.497 e. The number of aromatic nitrogens is 2. The minimum atomic E-state index is -1.31. The predicted octanol–water partition coefficient (Wildman–Crippen LogP) is 1.93. The lowest BCUT2D eigenvalue weighted by molar-refractivity contribution is -0.117. The molecule has 142 valence electrons. The van der Waals surface area contributed by atoms with Crippen LogP contribution in [0, 0.1) is 0 Å². The summed E-state index contributed by atoms with van der Waals surface area (Å²) in [5, 5.41) is -0.690. The van der Waals surface area contributed by atoms with Crippen LogP contribution < -0.4 is 15.2 Å². The number of methoxy groups -OCH3 is 1. The van der Waals surface area contributed by atoms with Crippen LogP contribution in [0.15, 0.2) is 42.5 Å². The molecule has 27 heavy (non-hydrogen) atoms. The van der Waals surface area contributed by atoms with Crippen molar-refractivity contribution in [2.45, 2.75) is 18.3 Å². The van der Waals surface area contributed by atoms with Crippen molar-refractivity contribution >= 4 is 27.7 Å². The SMILES string of the molecule is COc1ccc2nc(COc3ccc(CC(C(N)=O)S(C)=O)cc3)[nH]c2c1. The summed E-state index contributed by atoms with van der Waals surface area (Å²) in [4.78, 5) is 19.1. The van der Waals surface area contributed by atoms with Crippen LogP contribution >= 0.6 is 0 Å². The molecule has 2 unspecified atom stereocenters. The van der Waals surface area contributed by atoms with Crippen molar-refractivity contribution in [3.8, 4) is 11.5 Å². The van der Waals surface area contributed by atoms with Crippen LogP contribution in [0.3, 0.4) is 0 Å². The van der Waals surface area contributed by atoms with Gasteiger partial charge in [0.15, 0.2) is 0 Å². The molecule has 0 saturated carbocycles. The number of aromatic amines is 1. The predicted molar refractivity (Wildman–Crippen MR) is 104 cm³/mol. The first-order chi connectivity index (χ1) is 13.0. The fourth-order valence-corrected chi connectivity index (χ4v) is 3.46. The summed E-state index contributed by atoms with van der Waals surface area (Å²) >= 11 is 0. The number of H-pyrrole nitrogens is 1. The molecule has 0 fully saturated rings. The van der Waals surface area contributed by atoms with Crippen LogP contribution in [0.25, 0.3) is 11.0 Å². The molecule has 2 aromatic carbocycles. The Hall–Kier alpha value is -2.87. The summed E-state index contributed by atoms with van der Waals surface area (Å²) < 4.78 is 22.6. The Labute approximate surface area is 159 Å². The second-order valence-electron chi connectivity index (χ2n) is 6.09. The van der Waals surface area contributed by atoms with Gasteiger partial charge in [0.05, 0.1) is 18.1 Å². The number of ether oxygens (including phenoxy) is 2. The lowest BCUT2D eigenvalue weighted by Crippen LogP contribution is -2.33. The van der Waals surface area contributed by atoms with Crippen molar-refractivity contribution in [1.29, 1.82) is 0 Å². The number of nitrogens with two attached hydrogens (primary N) is 1. The number of carbonyl (C=O) groups excluding carboxylic acids is 1. The van der Waals surface area contributed by atoms with Crippen molar-refractivity contribution in [3.05, 3.63) is 53.9 Å². The Morgan fingerprint density at radius 1 is 1.22 bits per heavy atom. The van der Waals surface area contributed by atoms with Crippen molar-refractivity contribution in [2.24, 2.45) is 5.73 Å². The second kappa shape index (κ2) is 8.22. The first-order valence-electron chi connectivity index (χ1n) is 8.32. The molecule has 0 aliphatic rings. The molecular formula is C19H21N3O4S. The van der Waals surface area contributed by atoms with E-state index >= 15 is 0 Å². The highest BCUT2D eigenvalue weighted by atomic mass is 32.2. The van der Waals surface area contributed by atoms with E-state index in [1.807, 2.05) is 30.3 Å². The number of fused-ring (bicyclic) bond motifs is 1. The van der Waals surface area contributed by atoms with Gasteiger partial charge in [0.25, 0.3) is 0 Å². The Bertz CT molecular complexity index is 955. The number of imidazole rings is 1. The zero-order valence-electron chi connectivity index (χ0n) is 15.1. The molecule has 1 aromatic heterocycles. The number of hydrogen-bond acceptors (Lipinski definition) is 5. The lowest BCUT2D eigenvalue weighted by atomic mass is 10.1. The van der Waals surface area contributed by atoms with Gasteiger partial charge >= 0.3 is 0 Å². The highest BCUT2D eigenvalue weighted by Crippen LogP contribution is 2.20. The topological polar surface area (TPSA) is 107 Å². The second-order valence-corrected chi connectivity index (χ2v) is 7.66. The molecule has 8 heteroatoms. The molecule has 2 atom stereocenters. The van der Waals surface area contributed by atoms with E-state index < -0.39 is 22.0 Å². The quantitative estimate of drug-likeness (QED) is 0.614. The number of nitrogens with one attached hydrogen (secondary N) is 1. The molecule has 0 spiro atoms. The van der Waals surface area contributed by atoms with E-state index in [1.165, 1.54) is 6.26 Å². The molecule has 1 amide bonds. The molecular weight excluding hydrogens is 366 g/mol. The van der Waals surface area contributed by atoms with Crippen LogP contribution in [-0.4, -0.2) is 38.7 Å². The van der Waals surface area contributed by atoms with Gasteiger partial charge in [-0.25, -0.2) is 4.98 Å². The van der Waals surface area contributed by atoms with Crippen molar-refractivity contribution < 1.29 is 18.5 Å². The third-order valence-corrected chi connectivity index (χ3v) is 5.38. The highest BCUT2D eigenvalue weighted by molar-refractivity contribution is 7.85. The summed E-state index contributed by atoms with van der Waals surface area (Å²) in [6.07, 6.45) is 1.82. The smallest absolute Gasteiger partial charge is 0.233 e. The van der Waals surface area contributed by atoms with E-state index in [4.69, 9.17) is 15.2 Å². The Morgan fingerprint density at radius 3 is 2.56 bits per heavy atom. The number of amides is 1. The molecule has 0 saturated heterocycles. The van der Waals surface area contributed by atoms with Crippen molar-refractivity contribution in [3.63, 3.8) is 0 Å². The summed E-state index contributed by atoms with van der Waals surface area (Å²) in [6.45, 7) is 0.291. The summed E-state index contributed by atoms with van der Waals surface area (Å²) in [7, 11) is 0.315. The molecule has 0 bridgehead atoms.